The van der Waals surface area contributed by atoms with E-state index in [9.17, 15) is 9.90 Å². The van der Waals surface area contributed by atoms with Gasteiger partial charge in [0.25, 0.3) is 5.91 Å². The Labute approximate surface area is 264 Å². The highest BCUT2D eigenvalue weighted by molar-refractivity contribution is 6.05. The highest BCUT2D eigenvalue weighted by Crippen LogP contribution is 2.33. The highest BCUT2D eigenvalue weighted by Gasteiger charge is 2.26. The van der Waals surface area contributed by atoms with Gasteiger partial charge in [-0.2, -0.15) is 0 Å². The minimum Gasteiger partial charge on any atom is -0.496 e. The smallest absolute Gasteiger partial charge is 0.261 e. The van der Waals surface area contributed by atoms with Crippen LogP contribution in [-0.2, 0) is 6.54 Å². The van der Waals surface area contributed by atoms with Crippen molar-refractivity contribution >= 4 is 28.6 Å². The molecule has 2 aromatic carbocycles. The fourth-order valence-electron chi connectivity index (χ4n) is 5.79. The Morgan fingerprint density at radius 1 is 1.13 bits per heavy atom. The lowest BCUT2D eigenvalue weighted by molar-refractivity contribution is 0.0630. The average molecular weight is 618 g/mol. The number of methoxy groups -OCH3 is 1. The number of para-hydroxylation sites is 1. The van der Waals surface area contributed by atoms with Gasteiger partial charge in [0.15, 0.2) is 5.82 Å². The molecule has 240 valence electrons. The fourth-order valence-corrected chi connectivity index (χ4v) is 5.79. The lowest BCUT2D eigenvalue weighted by Crippen LogP contribution is -2.44. The molecule has 2 aromatic heterocycles. The molecule has 0 radical (unpaired) electrons. The van der Waals surface area contributed by atoms with Crippen molar-refractivity contribution in [2.75, 3.05) is 57.6 Å². The number of carbonyl (C=O) groups is 1. The first-order valence-corrected chi connectivity index (χ1v) is 15.4. The molecule has 11 heteroatoms. The maximum absolute atomic E-state index is 15.9. The van der Waals surface area contributed by atoms with E-state index in [0.29, 0.717) is 28.6 Å². The molecule has 0 unspecified atom stereocenters. The zero-order valence-electron chi connectivity index (χ0n) is 27.0. The summed E-state index contributed by atoms with van der Waals surface area (Å²) in [5.74, 6) is -0.737. The number of amides is 1. The largest absolute Gasteiger partial charge is 0.496 e. The van der Waals surface area contributed by atoms with Crippen LogP contribution >= 0.6 is 0 Å². The second kappa shape index (κ2) is 13.5. The van der Waals surface area contributed by atoms with Crippen molar-refractivity contribution in [3.05, 3.63) is 65.6 Å². The quantitative estimate of drug-likeness (QED) is 0.223. The van der Waals surface area contributed by atoms with Crippen molar-refractivity contribution in [3.63, 3.8) is 0 Å². The molecule has 0 saturated carbocycles. The van der Waals surface area contributed by atoms with Gasteiger partial charge in [-0.15, -0.1) is 0 Å². The number of nitrogens with zero attached hydrogens (tertiary/aromatic N) is 5. The third kappa shape index (κ3) is 7.61. The number of hydrogen-bond acceptors (Lipinski definition) is 8. The van der Waals surface area contributed by atoms with Gasteiger partial charge >= 0.3 is 0 Å². The number of aliphatic hydroxyl groups is 1. The number of rotatable bonds is 11. The summed E-state index contributed by atoms with van der Waals surface area (Å²) in [6.07, 6.45) is 2.09. The van der Waals surface area contributed by atoms with E-state index in [0.717, 1.165) is 50.2 Å². The normalized spacial score (nSPS) is 14.4. The number of benzene rings is 2. The number of imidazole rings is 1. The fraction of sp³-hybridized carbons (Fsp3) is 0.441. The summed E-state index contributed by atoms with van der Waals surface area (Å²) >= 11 is 0. The van der Waals surface area contributed by atoms with Gasteiger partial charge in [-0.3, -0.25) is 10.1 Å². The van der Waals surface area contributed by atoms with Crippen LogP contribution < -0.4 is 20.3 Å². The van der Waals surface area contributed by atoms with Crippen molar-refractivity contribution in [1.29, 1.82) is 0 Å². The highest BCUT2D eigenvalue weighted by atomic mass is 19.1. The molecule has 10 nitrogen and oxygen atoms in total. The number of halogens is 1. The molecule has 0 atom stereocenters. The number of aryl methyl sites for hydroxylation is 1. The summed E-state index contributed by atoms with van der Waals surface area (Å²) < 4.78 is 23.1. The van der Waals surface area contributed by atoms with Gasteiger partial charge in [-0.05, 0) is 84.1 Å². The lowest BCUT2D eigenvalue weighted by Gasteiger charge is -2.34. The average Bonchev–Trinajstić information content (AvgIpc) is 3.32. The maximum Gasteiger partial charge on any atom is 0.261 e. The minimum absolute atomic E-state index is 0.0314. The zero-order valence-corrected chi connectivity index (χ0v) is 27.0. The second-order valence-electron chi connectivity index (χ2n) is 12.7. The van der Waals surface area contributed by atoms with E-state index in [1.165, 1.54) is 13.2 Å². The molecule has 1 fully saturated rings. The SMILES string of the molecule is COc1ccccc1-c1nc(C)cc(C(=O)Nc2nc3ccc(N4CCC(NCCN(C)C)CC4)cc3n2CC(C)(C)O)c1F. The molecule has 1 amide bonds. The first kappa shape index (κ1) is 32.3. The van der Waals surface area contributed by atoms with Crippen LogP contribution in [0.4, 0.5) is 16.0 Å². The number of hydrogen-bond donors (Lipinski definition) is 3. The van der Waals surface area contributed by atoms with Gasteiger partial charge in [-0.25, -0.2) is 14.4 Å². The van der Waals surface area contributed by atoms with E-state index in [1.807, 2.05) is 12.1 Å². The molecule has 5 rings (SSSR count). The van der Waals surface area contributed by atoms with Crippen molar-refractivity contribution in [1.82, 2.24) is 24.8 Å². The number of pyridine rings is 1. The van der Waals surface area contributed by atoms with Crippen LogP contribution in [-0.4, -0.2) is 89.5 Å². The minimum atomic E-state index is -1.10. The summed E-state index contributed by atoms with van der Waals surface area (Å²) in [6.45, 7) is 9.11. The van der Waals surface area contributed by atoms with E-state index >= 15 is 4.39 Å². The first-order chi connectivity index (χ1) is 21.4. The number of fused-ring (bicyclic) bond motifs is 1. The topological polar surface area (TPSA) is 108 Å². The Balaban J connectivity index is 1.42. The van der Waals surface area contributed by atoms with E-state index in [4.69, 9.17) is 9.72 Å². The Morgan fingerprint density at radius 3 is 2.56 bits per heavy atom. The molecule has 0 spiro atoms. The van der Waals surface area contributed by atoms with E-state index in [2.05, 4.69) is 45.6 Å². The van der Waals surface area contributed by atoms with Crippen LogP contribution in [0.25, 0.3) is 22.3 Å². The van der Waals surface area contributed by atoms with Crippen LogP contribution in [0.1, 0.15) is 42.7 Å². The number of aromatic nitrogens is 3. The van der Waals surface area contributed by atoms with Gasteiger partial charge in [-0.1, -0.05) is 12.1 Å². The second-order valence-corrected chi connectivity index (χ2v) is 12.7. The third-order valence-electron chi connectivity index (χ3n) is 8.05. The van der Waals surface area contributed by atoms with Gasteiger partial charge in [0.05, 0.1) is 35.9 Å². The predicted octanol–water partition coefficient (Wildman–Crippen LogP) is 4.70. The van der Waals surface area contributed by atoms with Gasteiger partial charge < -0.3 is 29.5 Å². The first-order valence-electron chi connectivity index (χ1n) is 15.4. The van der Waals surface area contributed by atoms with Crippen molar-refractivity contribution < 1.29 is 19.0 Å². The van der Waals surface area contributed by atoms with E-state index < -0.39 is 17.3 Å². The molecule has 0 aliphatic carbocycles. The zero-order chi connectivity index (χ0) is 32.3. The molecule has 4 aromatic rings. The van der Waals surface area contributed by atoms with Crippen molar-refractivity contribution in [3.8, 4) is 17.0 Å². The van der Waals surface area contributed by atoms with E-state index in [-0.39, 0.29) is 23.8 Å². The maximum atomic E-state index is 15.9. The van der Waals surface area contributed by atoms with Crippen LogP contribution in [0.2, 0.25) is 0 Å². The summed E-state index contributed by atoms with van der Waals surface area (Å²) in [7, 11) is 5.67. The Morgan fingerprint density at radius 2 is 1.87 bits per heavy atom. The molecule has 3 heterocycles. The van der Waals surface area contributed by atoms with Crippen molar-refractivity contribution in [2.45, 2.75) is 51.8 Å². The van der Waals surface area contributed by atoms with Gasteiger partial charge in [0, 0.05) is 49.2 Å². The van der Waals surface area contributed by atoms with Gasteiger partial charge in [0.1, 0.15) is 11.4 Å². The number of likely N-dealkylation sites (N-methyl/N-ethyl adjacent to an activating group) is 1. The van der Waals surface area contributed by atoms with Crippen LogP contribution in [0.3, 0.4) is 0 Å². The van der Waals surface area contributed by atoms with Crippen LogP contribution in [0.15, 0.2) is 48.5 Å². The Kier molecular flexibility index (Phi) is 9.71. The molecule has 45 heavy (non-hydrogen) atoms. The summed E-state index contributed by atoms with van der Waals surface area (Å²) in [4.78, 5) is 27.3. The molecular weight excluding hydrogens is 573 g/mol. The number of piperidine rings is 1. The number of ether oxygens (including phenoxy) is 1. The molecule has 0 bridgehead atoms. The standard InChI is InChI=1S/C34H44FN7O3/c1-22-19-26(30(35)31(37-22)25-9-7-8-10-29(25)45-6)32(43)39-33-38-27-12-11-24(20-28(27)42(33)21-34(2,3)44)41-16-13-23(14-17-41)36-15-18-40(4)5/h7-12,19-20,23,36,44H,13-18,21H2,1-6H3,(H,38,39,43). The molecule has 3 N–H and O–H groups in total. The molecule has 1 aliphatic heterocycles. The monoisotopic (exact) mass is 617 g/mol. The summed E-state index contributed by atoms with van der Waals surface area (Å²) in [5.41, 5.74) is 2.20. The predicted molar refractivity (Wildman–Crippen MR) is 177 cm³/mol. The number of carbonyl (C=O) groups excluding carboxylic acids is 1. The number of anilines is 2. The lowest BCUT2D eigenvalue weighted by atomic mass is 10.0. The van der Waals surface area contributed by atoms with Crippen LogP contribution in [0, 0.1) is 12.7 Å². The molecule has 1 aliphatic rings. The number of nitrogens with one attached hydrogen (secondary N) is 2. The van der Waals surface area contributed by atoms with Crippen molar-refractivity contribution in [2.24, 2.45) is 0 Å². The van der Waals surface area contributed by atoms with Gasteiger partial charge in [0.2, 0.25) is 5.95 Å². The summed E-state index contributed by atoms with van der Waals surface area (Å²) in [6, 6.07) is 14.9. The Hall–Kier alpha value is -4.06. The Bertz CT molecular complexity index is 1660. The van der Waals surface area contributed by atoms with E-state index in [1.54, 1.807) is 49.6 Å². The molecule has 1 saturated heterocycles. The molecular formula is C34H44FN7O3. The van der Waals surface area contributed by atoms with Crippen LogP contribution in [0.5, 0.6) is 5.75 Å². The third-order valence-corrected chi connectivity index (χ3v) is 8.05. The summed E-state index contributed by atoms with van der Waals surface area (Å²) in [5, 5.41) is 17.3.